The fourth-order valence-electron chi connectivity index (χ4n) is 2.38. The van der Waals surface area contributed by atoms with Crippen LogP contribution in [0.4, 0.5) is 0 Å². The van der Waals surface area contributed by atoms with Crippen LogP contribution in [-0.2, 0) is 16.4 Å². The minimum Gasteiger partial charge on any atom is -0.315 e. The number of benzene rings is 1. The maximum atomic E-state index is 12.5. The van der Waals surface area contributed by atoms with E-state index in [9.17, 15) is 8.42 Å². The van der Waals surface area contributed by atoms with Crippen molar-refractivity contribution in [3.05, 3.63) is 29.8 Å². The number of rotatable bonds is 4. The van der Waals surface area contributed by atoms with Crippen molar-refractivity contribution in [1.29, 1.82) is 5.26 Å². The van der Waals surface area contributed by atoms with E-state index in [2.05, 4.69) is 5.32 Å². The Morgan fingerprint density at radius 2 is 2.10 bits per heavy atom. The van der Waals surface area contributed by atoms with Crippen LogP contribution in [0.25, 0.3) is 0 Å². The molecule has 5 nitrogen and oxygen atoms in total. The second-order valence-corrected chi connectivity index (χ2v) is 7.00. The van der Waals surface area contributed by atoms with Crippen LogP contribution in [0.5, 0.6) is 0 Å². The van der Waals surface area contributed by atoms with E-state index in [0.717, 1.165) is 24.9 Å². The summed E-state index contributed by atoms with van der Waals surface area (Å²) in [5, 5.41) is 11.8. The molecule has 0 aliphatic carbocycles. The van der Waals surface area contributed by atoms with Gasteiger partial charge in [0.1, 0.15) is 0 Å². The molecule has 0 bridgehead atoms. The predicted molar refractivity (Wildman–Crippen MR) is 76.6 cm³/mol. The Hall–Kier alpha value is -1.42. The number of nitrogens with zero attached hydrogens (tertiary/aromatic N) is 2. The minimum atomic E-state index is -3.46. The molecule has 0 radical (unpaired) electrons. The van der Waals surface area contributed by atoms with E-state index in [1.54, 1.807) is 31.3 Å². The number of likely N-dealkylation sites (N-methyl/N-ethyl adjacent to an activating group) is 1. The van der Waals surface area contributed by atoms with Gasteiger partial charge >= 0.3 is 0 Å². The first-order valence-electron chi connectivity index (χ1n) is 6.70. The largest absolute Gasteiger partial charge is 0.315 e. The van der Waals surface area contributed by atoms with E-state index in [0.29, 0.717) is 13.0 Å². The van der Waals surface area contributed by atoms with Crippen LogP contribution in [0.1, 0.15) is 18.4 Å². The van der Waals surface area contributed by atoms with Gasteiger partial charge in [0, 0.05) is 19.6 Å². The summed E-state index contributed by atoms with van der Waals surface area (Å²) in [6, 6.07) is 8.61. The minimum absolute atomic E-state index is 0.00698. The number of piperidine rings is 1. The van der Waals surface area contributed by atoms with E-state index >= 15 is 0 Å². The lowest BCUT2D eigenvalue weighted by molar-refractivity contribution is 0.300. The lowest BCUT2D eigenvalue weighted by Gasteiger charge is -2.30. The first-order valence-corrected chi connectivity index (χ1v) is 8.14. The maximum absolute atomic E-state index is 12.5. The first-order chi connectivity index (χ1) is 9.55. The topological polar surface area (TPSA) is 73.2 Å². The summed E-state index contributed by atoms with van der Waals surface area (Å²) in [6.45, 7) is 1.65. The van der Waals surface area contributed by atoms with Crippen LogP contribution in [0.2, 0.25) is 0 Å². The lowest BCUT2D eigenvalue weighted by Crippen LogP contribution is -2.46. The highest BCUT2D eigenvalue weighted by Gasteiger charge is 2.28. The number of nitriles is 1. The molecule has 0 aromatic heterocycles. The van der Waals surface area contributed by atoms with Gasteiger partial charge in [-0.25, -0.2) is 8.42 Å². The first kappa shape index (κ1) is 15.0. The SMILES string of the molecule is CN(C1CCCNC1)S(=O)(=O)c1ccc(CC#N)cc1. The summed E-state index contributed by atoms with van der Waals surface area (Å²) in [5.74, 6) is 0. The maximum Gasteiger partial charge on any atom is 0.243 e. The van der Waals surface area contributed by atoms with Crippen molar-refractivity contribution in [1.82, 2.24) is 9.62 Å². The van der Waals surface area contributed by atoms with E-state index in [1.165, 1.54) is 4.31 Å². The van der Waals surface area contributed by atoms with Gasteiger partial charge in [-0.3, -0.25) is 0 Å². The van der Waals surface area contributed by atoms with Crippen molar-refractivity contribution in [2.24, 2.45) is 0 Å². The smallest absolute Gasteiger partial charge is 0.243 e. The molecule has 0 spiro atoms. The van der Waals surface area contributed by atoms with Crippen molar-refractivity contribution in [2.45, 2.75) is 30.2 Å². The molecule has 20 heavy (non-hydrogen) atoms. The van der Waals surface area contributed by atoms with Crippen LogP contribution in [-0.4, -0.2) is 38.9 Å². The Bertz CT molecular complexity index is 584. The van der Waals surface area contributed by atoms with Crippen molar-refractivity contribution in [3.8, 4) is 6.07 Å². The summed E-state index contributed by atoms with van der Waals surface area (Å²) in [4.78, 5) is 0.285. The molecule has 6 heteroatoms. The Kier molecular flexibility index (Phi) is 4.76. The summed E-state index contributed by atoms with van der Waals surface area (Å²) in [7, 11) is -1.82. The van der Waals surface area contributed by atoms with Crippen molar-refractivity contribution >= 4 is 10.0 Å². The number of hydrogen-bond donors (Lipinski definition) is 1. The highest BCUT2D eigenvalue weighted by atomic mass is 32.2. The molecular formula is C14H19N3O2S. The van der Waals surface area contributed by atoms with Crippen molar-refractivity contribution in [3.63, 3.8) is 0 Å². The summed E-state index contributed by atoms with van der Waals surface area (Å²) in [5.41, 5.74) is 0.827. The van der Waals surface area contributed by atoms with Crippen LogP contribution in [0.15, 0.2) is 29.2 Å². The molecule has 1 aliphatic rings. The third-order valence-corrected chi connectivity index (χ3v) is 5.59. The average molecular weight is 293 g/mol. The van der Waals surface area contributed by atoms with Gasteiger partial charge in [-0.15, -0.1) is 0 Å². The molecule has 108 valence electrons. The fraction of sp³-hybridized carbons (Fsp3) is 0.500. The average Bonchev–Trinajstić information content (AvgIpc) is 2.48. The zero-order valence-electron chi connectivity index (χ0n) is 11.5. The molecule has 2 rings (SSSR count). The van der Waals surface area contributed by atoms with Crippen LogP contribution in [0.3, 0.4) is 0 Å². The summed E-state index contributed by atoms with van der Waals surface area (Å²) in [6.07, 6.45) is 2.17. The van der Waals surface area contributed by atoms with Crippen LogP contribution >= 0.6 is 0 Å². The Morgan fingerprint density at radius 1 is 1.40 bits per heavy atom. The third kappa shape index (κ3) is 3.18. The summed E-state index contributed by atoms with van der Waals surface area (Å²) < 4.78 is 26.5. The molecule has 1 aromatic rings. The van der Waals surface area contributed by atoms with E-state index in [-0.39, 0.29) is 10.9 Å². The Morgan fingerprint density at radius 3 is 2.65 bits per heavy atom. The molecule has 1 heterocycles. The zero-order valence-corrected chi connectivity index (χ0v) is 12.4. The van der Waals surface area contributed by atoms with Crippen molar-refractivity contribution in [2.75, 3.05) is 20.1 Å². The van der Waals surface area contributed by atoms with Gasteiger partial charge in [0.05, 0.1) is 17.4 Å². The summed E-state index contributed by atoms with van der Waals surface area (Å²) >= 11 is 0. The second kappa shape index (κ2) is 6.35. The van der Waals surface area contributed by atoms with Gasteiger partial charge in [0.2, 0.25) is 10.0 Å². The van der Waals surface area contributed by atoms with Gasteiger partial charge < -0.3 is 5.32 Å². The fourth-order valence-corrected chi connectivity index (χ4v) is 3.76. The second-order valence-electron chi connectivity index (χ2n) is 5.00. The van der Waals surface area contributed by atoms with E-state index in [4.69, 9.17) is 5.26 Å². The molecule has 1 atom stereocenters. The van der Waals surface area contributed by atoms with Gasteiger partial charge in [-0.1, -0.05) is 12.1 Å². The normalized spacial score (nSPS) is 19.8. The van der Waals surface area contributed by atoms with E-state index in [1.807, 2.05) is 6.07 Å². The molecule has 1 aromatic carbocycles. The Labute approximate surface area is 120 Å². The molecule has 1 fully saturated rings. The molecule has 1 saturated heterocycles. The highest BCUT2D eigenvalue weighted by molar-refractivity contribution is 7.89. The highest BCUT2D eigenvalue weighted by Crippen LogP contribution is 2.20. The monoisotopic (exact) mass is 293 g/mol. The van der Waals surface area contributed by atoms with Gasteiger partial charge in [0.15, 0.2) is 0 Å². The molecule has 0 amide bonds. The number of hydrogen-bond acceptors (Lipinski definition) is 4. The van der Waals surface area contributed by atoms with Crippen LogP contribution < -0.4 is 5.32 Å². The Balaban J connectivity index is 2.18. The van der Waals surface area contributed by atoms with Crippen molar-refractivity contribution < 1.29 is 8.42 Å². The zero-order chi connectivity index (χ0) is 14.6. The van der Waals surface area contributed by atoms with Crippen LogP contribution in [0, 0.1) is 11.3 Å². The van der Waals surface area contributed by atoms with E-state index < -0.39 is 10.0 Å². The van der Waals surface area contributed by atoms with Gasteiger partial charge in [0.25, 0.3) is 0 Å². The quantitative estimate of drug-likeness (QED) is 0.903. The molecule has 1 aliphatic heterocycles. The standard InChI is InChI=1S/C14H19N3O2S/c1-17(13-3-2-10-16-11-13)20(18,19)14-6-4-12(5-7-14)8-9-15/h4-7,13,16H,2-3,8,10-11H2,1H3. The molecule has 1 unspecified atom stereocenters. The lowest BCUT2D eigenvalue weighted by atomic mass is 10.1. The third-order valence-electron chi connectivity index (χ3n) is 3.67. The van der Waals surface area contributed by atoms with Gasteiger partial charge in [-0.2, -0.15) is 9.57 Å². The van der Waals surface area contributed by atoms with Gasteiger partial charge in [-0.05, 0) is 37.1 Å². The molecule has 1 N–H and O–H groups in total. The number of sulfonamides is 1. The predicted octanol–water partition coefficient (Wildman–Crippen LogP) is 1.13. The molecular weight excluding hydrogens is 274 g/mol. The molecule has 0 saturated carbocycles. The number of nitrogens with one attached hydrogen (secondary N) is 1.